The van der Waals surface area contributed by atoms with Crippen LogP contribution in [0.15, 0.2) is 64.5 Å². The molecule has 0 fully saturated rings. The molecule has 0 saturated heterocycles. The molecule has 0 N–H and O–H groups in total. The molecular weight excluding hydrogens is 435 g/mol. The van der Waals surface area contributed by atoms with E-state index in [0.717, 1.165) is 33.9 Å². The lowest BCUT2D eigenvalue weighted by atomic mass is 10.2. The van der Waals surface area contributed by atoms with Gasteiger partial charge < -0.3 is 0 Å². The number of fused-ring (bicyclic) bond motifs is 3. The van der Waals surface area contributed by atoms with E-state index in [1.54, 1.807) is 0 Å². The smallest absolute Gasteiger partial charge is 0.0901 e. The molecule has 1 aliphatic carbocycles. The molecule has 2 bridgehead atoms. The first-order chi connectivity index (χ1) is 11.3. The molecule has 2 aliphatic rings. The fraction of sp³-hybridized carbons (Fsp3) is 0.111. The average Bonchev–Trinajstić information content (AvgIpc) is 2.60. The van der Waals surface area contributed by atoms with Crippen LogP contribution in [-0.2, 0) is 11.5 Å². The van der Waals surface area contributed by atoms with Crippen molar-refractivity contribution in [2.45, 2.75) is 11.5 Å². The summed E-state index contributed by atoms with van der Waals surface area (Å²) in [5, 5.41) is 0. The van der Waals surface area contributed by atoms with Crippen LogP contribution < -0.4 is 0 Å². The van der Waals surface area contributed by atoms with Gasteiger partial charge in [-0.2, -0.15) is 0 Å². The van der Waals surface area contributed by atoms with Crippen LogP contribution in [-0.4, -0.2) is 9.97 Å². The van der Waals surface area contributed by atoms with Crippen LogP contribution in [0.4, 0.5) is 0 Å². The number of aromatic nitrogens is 2. The first-order valence-electron chi connectivity index (χ1n) is 7.25. The number of allylic oxidation sites excluding steroid dienone is 6. The fourth-order valence-corrected chi connectivity index (χ4v) is 4.80. The monoisotopic (exact) mass is 448 g/mol. The standard InChI is InChI=1S/C18H13IN2S2/c19-12-6-7-15-16(8-12)21-18-11-23-14-5-3-1-2-4-13(9-14)22-10-17(18)20-15/h1-9H,10-11H2/b2-1?,3-1-,4-2+,5-3?,13-4?,13-9+,14-5-,14-9?. The second kappa shape index (κ2) is 6.83. The van der Waals surface area contributed by atoms with Gasteiger partial charge in [0.25, 0.3) is 0 Å². The molecule has 2 nitrogen and oxygen atoms in total. The number of hydrogen-bond acceptors (Lipinski definition) is 4. The van der Waals surface area contributed by atoms with Crippen molar-refractivity contribution in [3.8, 4) is 0 Å². The fourth-order valence-electron chi connectivity index (χ4n) is 2.42. The van der Waals surface area contributed by atoms with Gasteiger partial charge in [-0.15, -0.1) is 23.5 Å². The normalized spacial score (nSPS) is 24.6. The lowest BCUT2D eigenvalue weighted by molar-refractivity contribution is 1.07. The Morgan fingerprint density at radius 3 is 2.52 bits per heavy atom. The predicted molar refractivity (Wildman–Crippen MR) is 109 cm³/mol. The lowest BCUT2D eigenvalue weighted by Crippen LogP contribution is -2.00. The first kappa shape index (κ1) is 15.5. The summed E-state index contributed by atoms with van der Waals surface area (Å²) in [5.74, 6) is 1.72. The topological polar surface area (TPSA) is 25.8 Å². The highest BCUT2D eigenvalue weighted by Crippen LogP contribution is 2.34. The minimum absolute atomic E-state index is 0.859. The molecule has 1 aliphatic heterocycles. The van der Waals surface area contributed by atoms with E-state index in [-0.39, 0.29) is 0 Å². The molecular formula is C18H13IN2S2. The maximum absolute atomic E-state index is 4.89. The second-order valence-corrected chi connectivity index (χ2v) is 8.53. The number of benzene rings is 1. The largest absolute Gasteiger partial charge is 0.248 e. The minimum atomic E-state index is 0.859. The van der Waals surface area contributed by atoms with Crippen LogP contribution >= 0.6 is 46.1 Å². The Balaban J connectivity index is 1.78. The summed E-state index contributed by atoms with van der Waals surface area (Å²) in [6.45, 7) is 0. The second-order valence-electron chi connectivity index (χ2n) is 5.19. The maximum Gasteiger partial charge on any atom is 0.0901 e. The molecule has 1 aromatic heterocycles. The third-order valence-electron chi connectivity index (χ3n) is 3.56. The van der Waals surface area contributed by atoms with Crippen LogP contribution in [0.25, 0.3) is 11.0 Å². The number of rotatable bonds is 0. The Bertz CT molecular complexity index is 897. The van der Waals surface area contributed by atoms with E-state index in [1.807, 2.05) is 23.5 Å². The highest BCUT2D eigenvalue weighted by molar-refractivity contribution is 14.1. The third kappa shape index (κ3) is 3.56. The molecule has 0 saturated carbocycles. The van der Waals surface area contributed by atoms with Gasteiger partial charge in [0.15, 0.2) is 0 Å². The van der Waals surface area contributed by atoms with Crippen molar-refractivity contribution >= 4 is 57.1 Å². The zero-order valence-electron chi connectivity index (χ0n) is 12.2. The van der Waals surface area contributed by atoms with Crippen LogP contribution in [0.2, 0.25) is 0 Å². The molecule has 5 heteroatoms. The Morgan fingerprint density at radius 1 is 0.870 bits per heavy atom. The highest BCUT2D eigenvalue weighted by atomic mass is 127. The van der Waals surface area contributed by atoms with Crippen molar-refractivity contribution in [1.29, 1.82) is 0 Å². The van der Waals surface area contributed by atoms with Gasteiger partial charge in [-0.05, 0) is 59.0 Å². The van der Waals surface area contributed by atoms with Gasteiger partial charge in [0.1, 0.15) is 0 Å². The number of nitrogens with zero attached hydrogens (tertiary/aromatic N) is 2. The summed E-state index contributed by atoms with van der Waals surface area (Å²) in [5.41, 5.74) is 4.17. The number of halogens is 1. The van der Waals surface area contributed by atoms with E-state index in [9.17, 15) is 0 Å². The van der Waals surface area contributed by atoms with E-state index < -0.39 is 0 Å². The number of hydrogen-bond donors (Lipinski definition) is 0. The van der Waals surface area contributed by atoms with E-state index >= 15 is 0 Å². The van der Waals surface area contributed by atoms with Crippen molar-refractivity contribution < 1.29 is 0 Å². The minimum Gasteiger partial charge on any atom is -0.248 e. The van der Waals surface area contributed by atoms with Crippen molar-refractivity contribution in [3.63, 3.8) is 0 Å². The SMILES string of the molecule is Ic1ccc2nc3c(nc2c1)CSC1=C\C=C/C=C/C(=C\1)SC3. The van der Waals surface area contributed by atoms with Crippen molar-refractivity contribution in [1.82, 2.24) is 9.97 Å². The molecule has 0 atom stereocenters. The molecule has 23 heavy (non-hydrogen) atoms. The summed E-state index contributed by atoms with van der Waals surface area (Å²) >= 11 is 5.97. The molecule has 2 aromatic rings. The van der Waals surface area contributed by atoms with E-state index in [2.05, 4.69) is 77.2 Å². The Hall–Kier alpha value is -1.05. The van der Waals surface area contributed by atoms with Crippen LogP contribution in [0.3, 0.4) is 0 Å². The van der Waals surface area contributed by atoms with Crippen LogP contribution in [0.5, 0.6) is 0 Å². The summed E-state index contributed by atoms with van der Waals surface area (Å²) in [6, 6.07) is 6.26. The van der Waals surface area contributed by atoms with Gasteiger partial charge in [-0.1, -0.05) is 18.2 Å². The summed E-state index contributed by atoms with van der Waals surface area (Å²) < 4.78 is 1.19. The van der Waals surface area contributed by atoms with Crippen molar-refractivity contribution in [2.24, 2.45) is 0 Å². The Kier molecular flexibility index (Phi) is 4.59. The van der Waals surface area contributed by atoms with Gasteiger partial charge in [-0.25, -0.2) is 9.97 Å². The average molecular weight is 448 g/mol. The van der Waals surface area contributed by atoms with Gasteiger partial charge in [0.05, 0.1) is 22.4 Å². The molecule has 0 unspecified atom stereocenters. The van der Waals surface area contributed by atoms with Crippen molar-refractivity contribution in [2.75, 3.05) is 0 Å². The molecule has 114 valence electrons. The lowest BCUT2D eigenvalue weighted by Gasteiger charge is -2.08. The number of thioether (sulfide) groups is 2. The Labute approximate surface area is 157 Å². The van der Waals surface area contributed by atoms with Crippen LogP contribution in [0, 0.1) is 3.57 Å². The zero-order valence-corrected chi connectivity index (χ0v) is 16.0. The van der Waals surface area contributed by atoms with Gasteiger partial charge >= 0.3 is 0 Å². The summed E-state index contributed by atoms with van der Waals surface area (Å²) in [7, 11) is 0. The molecule has 0 amide bonds. The molecule has 2 heterocycles. The van der Waals surface area contributed by atoms with Crippen molar-refractivity contribution in [3.05, 3.63) is 79.4 Å². The third-order valence-corrected chi connectivity index (χ3v) is 6.24. The molecule has 0 spiro atoms. The molecule has 1 aromatic carbocycles. The zero-order chi connectivity index (χ0) is 15.6. The van der Waals surface area contributed by atoms with E-state index in [1.165, 1.54) is 13.4 Å². The molecule has 0 radical (unpaired) electrons. The van der Waals surface area contributed by atoms with E-state index in [0.29, 0.717) is 0 Å². The quantitative estimate of drug-likeness (QED) is 0.490. The maximum atomic E-state index is 4.89. The van der Waals surface area contributed by atoms with E-state index in [4.69, 9.17) is 9.97 Å². The van der Waals surface area contributed by atoms with Gasteiger partial charge in [0.2, 0.25) is 0 Å². The molecule has 4 rings (SSSR count). The Morgan fingerprint density at radius 2 is 1.65 bits per heavy atom. The summed E-state index contributed by atoms with van der Waals surface area (Å²) in [6.07, 6.45) is 12.8. The van der Waals surface area contributed by atoms with Crippen LogP contribution in [0.1, 0.15) is 11.4 Å². The highest BCUT2D eigenvalue weighted by Gasteiger charge is 2.13. The van der Waals surface area contributed by atoms with Gasteiger partial charge in [0, 0.05) is 24.9 Å². The first-order valence-corrected chi connectivity index (χ1v) is 10.3. The predicted octanol–water partition coefficient (Wildman–Crippen LogP) is 5.61. The van der Waals surface area contributed by atoms with Gasteiger partial charge in [-0.3, -0.25) is 0 Å². The summed E-state index contributed by atoms with van der Waals surface area (Å²) in [4.78, 5) is 12.3.